The number of carbonyl (C=O) groups is 2. The van der Waals surface area contributed by atoms with E-state index in [1.165, 1.54) is 6.92 Å². The van der Waals surface area contributed by atoms with Gasteiger partial charge in [-0.3, -0.25) is 4.79 Å². The highest BCUT2D eigenvalue weighted by molar-refractivity contribution is 5.82. The van der Waals surface area contributed by atoms with Gasteiger partial charge in [-0.25, -0.2) is 13.6 Å². The van der Waals surface area contributed by atoms with Crippen molar-refractivity contribution < 1.29 is 23.5 Å². The predicted molar refractivity (Wildman–Crippen MR) is 50.5 cm³/mol. The molecule has 0 heterocycles. The highest BCUT2D eigenvalue weighted by Crippen LogP contribution is 2.22. The van der Waals surface area contributed by atoms with Crippen molar-refractivity contribution in [2.45, 2.75) is 12.5 Å². The molecule has 2 N–H and O–H groups in total. The number of amides is 1. The van der Waals surface area contributed by atoms with E-state index in [-0.39, 0.29) is 12.0 Å². The first-order valence-electron chi connectivity index (χ1n) is 4.32. The quantitative estimate of drug-likeness (QED) is 0.757. The largest absolute Gasteiger partial charge is 0.479 e. The van der Waals surface area contributed by atoms with Gasteiger partial charge in [-0.15, -0.1) is 0 Å². The minimum atomic E-state index is -1.78. The lowest BCUT2D eigenvalue weighted by molar-refractivity contribution is -0.145. The van der Waals surface area contributed by atoms with Gasteiger partial charge in [0.15, 0.2) is 17.2 Å². The van der Waals surface area contributed by atoms with Crippen LogP contribution in [0.5, 0.6) is 0 Å². The molecule has 0 bridgehead atoms. The molecule has 0 spiro atoms. The van der Waals surface area contributed by atoms with Crippen LogP contribution in [0.2, 0.25) is 0 Å². The number of hydrogen-bond donors (Lipinski definition) is 2. The number of nitrogens with one attached hydrogen (secondary N) is 1. The summed E-state index contributed by atoms with van der Waals surface area (Å²) in [6, 6.07) is 2.64. The third-order valence-electron chi connectivity index (χ3n) is 2.27. The molecule has 0 saturated carbocycles. The Labute approximate surface area is 89.9 Å². The second-order valence-corrected chi connectivity index (χ2v) is 3.32. The Morgan fingerprint density at radius 1 is 1.44 bits per heavy atom. The van der Waals surface area contributed by atoms with Crippen LogP contribution in [0.3, 0.4) is 0 Å². The fourth-order valence-electron chi connectivity index (χ4n) is 1.19. The third-order valence-corrected chi connectivity index (χ3v) is 2.27. The Kier molecular flexibility index (Phi) is 3.22. The Morgan fingerprint density at radius 2 is 2.06 bits per heavy atom. The maximum atomic E-state index is 12.9. The first kappa shape index (κ1) is 12.1. The van der Waals surface area contributed by atoms with Crippen molar-refractivity contribution in [3.8, 4) is 0 Å². The van der Waals surface area contributed by atoms with Crippen LogP contribution in [-0.4, -0.2) is 17.5 Å². The molecule has 0 aliphatic carbocycles. The van der Waals surface area contributed by atoms with Crippen molar-refractivity contribution in [3.05, 3.63) is 35.4 Å². The van der Waals surface area contributed by atoms with E-state index in [1.807, 2.05) is 0 Å². The maximum absolute atomic E-state index is 12.9. The van der Waals surface area contributed by atoms with Gasteiger partial charge in [-0.1, -0.05) is 6.07 Å². The van der Waals surface area contributed by atoms with E-state index in [0.717, 1.165) is 18.2 Å². The number of benzene rings is 1. The summed E-state index contributed by atoms with van der Waals surface area (Å²) in [7, 11) is 0. The van der Waals surface area contributed by atoms with Crippen LogP contribution in [0.4, 0.5) is 8.78 Å². The van der Waals surface area contributed by atoms with Crippen LogP contribution >= 0.6 is 0 Å². The van der Waals surface area contributed by atoms with Gasteiger partial charge in [0.25, 0.3) is 0 Å². The van der Waals surface area contributed by atoms with Crippen molar-refractivity contribution in [3.63, 3.8) is 0 Å². The highest BCUT2D eigenvalue weighted by Gasteiger charge is 2.35. The molecule has 4 nitrogen and oxygen atoms in total. The van der Waals surface area contributed by atoms with Crippen LogP contribution in [0, 0.1) is 11.6 Å². The number of halogens is 2. The summed E-state index contributed by atoms with van der Waals surface area (Å²) >= 11 is 0. The van der Waals surface area contributed by atoms with Gasteiger partial charge in [0.05, 0.1) is 0 Å². The van der Waals surface area contributed by atoms with Gasteiger partial charge in [0.2, 0.25) is 6.41 Å². The van der Waals surface area contributed by atoms with Crippen molar-refractivity contribution in [1.29, 1.82) is 0 Å². The van der Waals surface area contributed by atoms with Crippen LogP contribution in [0.15, 0.2) is 18.2 Å². The summed E-state index contributed by atoms with van der Waals surface area (Å²) in [6.45, 7) is 1.18. The predicted octanol–water partition coefficient (Wildman–Crippen LogP) is 1.01. The average molecular weight is 229 g/mol. The SMILES string of the molecule is CC(NC=O)(C(=O)O)c1ccc(F)c(F)c1. The summed E-state index contributed by atoms with van der Waals surface area (Å²) < 4.78 is 25.6. The molecule has 1 amide bonds. The highest BCUT2D eigenvalue weighted by atomic mass is 19.2. The Bertz CT molecular complexity index is 436. The molecule has 86 valence electrons. The molecule has 0 aromatic heterocycles. The zero-order chi connectivity index (χ0) is 12.3. The fraction of sp³-hybridized carbons (Fsp3) is 0.200. The lowest BCUT2D eigenvalue weighted by Crippen LogP contribution is -2.46. The Hall–Kier alpha value is -1.98. The maximum Gasteiger partial charge on any atom is 0.333 e. The van der Waals surface area contributed by atoms with Gasteiger partial charge >= 0.3 is 5.97 Å². The summed E-state index contributed by atoms with van der Waals surface area (Å²) in [5.41, 5.74) is -1.83. The molecule has 1 aromatic carbocycles. The average Bonchev–Trinajstić information content (AvgIpc) is 2.22. The lowest BCUT2D eigenvalue weighted by atomic mass is 9.92. The zero-order valence-electron chi connectivity index (χ0n) is 8.33. The lowest BCUT2D eigenvalue weighted by Gasteiger charge is -2.24. The fourth-order valence-corrected chi connectivity index (χ4v) is 1.19. The monoisotopic (exact) mass is 229 g/mol. The topological polar surface area (TPSA) is 66.4 Å². The van der Waals surface area contributed by atoms with E-state index in [9.17, 15) is 18.4 Å². The second-order valence-electron chi connectivity index (χ2n) is 3.32. The smallest absolute Gasteiger partial charge is 0.333 e. The van der Waals surface area contributed by atoms with E-state index < -0.39 is 23.1 Å². The number of carboxylic acids is 1. The molecule has 0 fully saturated rings. The van der Waals surface area contributed by atoms with Crippen molar-refractivity contribution in [1.82, 2.24) is 5.32 Å². The zero-order valence-corrected chi connectivity index (χ0v) is 8.33. The summed E-state index contributed by atoms with van der Waals surface area (Å²) in [6.07, 6.45) is 0.190. The molecule has 0 saturated heterocycles. The number of rotatable bonds is 4. The first-order valence-corrected chi connectivity index (χ1v) is 4.32. The van der Waals surface area contributed by atoms with Crippen molar-refractivity contribution >= 4 is 12.4 Å². The number of hydrogen-bond acceptors (Lipinski definition) is 2. The number of carbonyl (C=O) groups excluding carboxylic acids is 1. The Morgan fingerprint density at radius 3 is 2.50 bits per heavy atom. The molecule has 6 heteroatoms. The summed E-state index contributed by atoms with van der Waals surface area (Å²) in [5, 5.41) is 11.0. The van der Waals surface area contributed by atoms with Crippen LogP contribution in [0.25, 0.3) is 0 Å². The third kappa shape index (κ3) is 2.00. The second kappa shape index (κ2) is 4.26. The Balaban J connectivity index is 3.26. The van der Waals surface area contributed by atoms with Gasteiger partial charge in [0, 0.05) is 0 Å². The number of carboxylic acid groups (broad SMARTS) is 1. The summed E-state index contributed by atoms with van der Waals surface area (Å²) in [5.74, 6) is -3.62. The van der Waals surface area contributed by atoms with E-state index in [1.54, 1.807) is 0 Å². The minimum Gasteiger partial charge on any atom is -0.479 e. The van der Waals surface area contributed by atoms with E-state index in [2.05, 4.69) is 5.32 Å². The van der Waals surface area contributed by atoms with Gasteiger partial charge in [-0.05, 0) is 24.6 Å². The molecule has 1 rings (SSSR count). The normalized spacial score (nSPS) is 13.9. The number of aliphatic carboxylic acids is 1. The molecular formula is C10H9F2NO3. The van der Waals surface area contributed by atoms with Crippen molar-refractivity contribution in [2.75, 3.05) is 0 Å². The molecule has 0 aliphatic rings. The standard InChI is InChI=1S/C10H9F2NO3/c1-10(9(15)16,13-5-14)6-2-3-7(11)8(12)4-6/h2-5H,1H3,(H,13,14)(H,15,16). The molecule has 1 unspecified atom stereocenters. The minimum absolute atomic E-state index is 0.0500. The van der Waals surface area contributed by atoms with Gasteiger partial charge in [0.1, 0.15) is 0 Å². The molecule has 0 aliphatic heterocycles. The van der Waals surface area contributed by atoms with Gasteiger partial charge in [-0.2, -0.15) is 0 Å². The van der Waals surface area contributed by atoms with E-state index >= 15 is 0 Å². The molecule has 0 radical (unpaired) electrons. The van der Waals surface area contributed by atoms with E-state index in [0.29, 0.717) is 0 Å². The molecular weight excluding hydrogens is 220 g/mol. The van der Waals surface area contributed by atoms with Crippen LogP contribution in [0.1, 0.15) is 12.5 Å². The molecule has 16 heavy (non-hydrogen) atoms. The van der Waals surface area contributed by atoms with Gasteiger partial charge < -0.3 is 10.4 Å². The van der Waals surface area contributed by atoms with E-state index in [4.69, 9.17) is 5.11 Å². The molecule has 1 aromatic rings. The van der Waals surface area contributed by atoms with Crippen molar-refractivity contribution in [2.24, 2.45) is 0 Å². The van der Waals surface area contributed by atoms with Crippen LogP contribution < -0.4 is 5.32 Å². The first-order chi connectivity index (χ1) is 7.41. The summed E-state index contributed by atoms with van der Waals surface area (Å²) in [4.78, 5) is 21.3. The van der Waals surface area contributed by atoms with Crippen LogP contribution in [-0.2, 0) is 15.1 Å². The molecule has 1 atom stereocenters.